The van der Waals surface area contributed by atoms with Crippen LogP contribution >= 0.6 is 0 Å². The van der Waals surface area contributed by atoms with E-state index in [9.17, 15) is 0 Å². The van der Waals surface area contributed by atoms with E-state index < -0.39 is 0 Å². The Morgan fingerprint density at radius 3 is 2.85 bits per heavy atom. The van der Waals surface area contributed by atoms with Crippen LogP contribution in [0.25, 0.3) is 0 Å². The smallest absolute Gasteiger partial charge is 0.0579 e. The van der Waals surface area contributed by atoms with Gasteiger partial charge in [0.1, 0.15) is 0 Å². The lowest BCUT2D eigenvalue weighted by molar-refractivity contribution is 0.683. The van der Waals surface area contributed by atoms with E-state index >= 15 is 0 Å². The lowest BCUT2D eigenvalue weighted by Crippen LogP contribution is -2.28. The minimum atomic E-state index is 1.00. The maximum atomic E-state index is 3.58. The van der Waals surface area contributed by atoms with Gasteiger partial charge in [-0.15, -0.1) is 0 Å². The number of hydrogen-bond acceptors (Lipinski definition) is 1. The van der Waals surface area contributed by atoms with Crippen LogP contribution in [0.5, 0.6) is 0 Å². The molecule has 0 saturated carbocycles. The van der Waals surface area contributed by atoms with Crippen LogP contribution in [-0.2, 0) is 19.4 Å². The van der Waals surface area contributed by atoms with Crippen molar-refractivity contribution in [1.82, 2.24) is 4.98 Å². The van der Waals surface area contributed by atoms with Gasteiger partial charge in [0.2, 0.25) is 0 Å². The number of hydrogen-bond donors (Lipinski definition) is 1. The fraction of sp³-hybridized carbons (Fsp3) is 0.444. The van der Waals surface area contributed by atoms with E-state index in [1.807, 2.05) is 0 Å². The third-order valence-electron chi connectivity index (χ3n) is 4.17. The Balaban J connectivity index is 1.71. The fourth-order valence-corrected chi connectivity index (χ4v) is 3.08. The van der Waals surface area contributed by atoms with Crippen molar-refractivity contribution in [3.05, 3.63) is 53.3 Å². The molecule has 1 N–H and O–H groups in total. The number of para-hydroxylation sites is 1. The van der Waals surface area contributed by atoms with E-state index in [1.165, 1.54) is 61.3 Å². The largest absolute Gasteiger partial charge is 0.365 e. The normalized spacial score (nSPS) is 14.3. The number of fused-ring (bicyclic) bond motifs is 1. The highest BCUT2D eigenvalue weighted by molar-refractivity contribution is 5.55. The Bertz CT molecular complexity index is 556. The highest BCUT2D eigenvalue weighted by Gasteiger charge is 2.16. The van der Waals surface area contributed by atoms with Crippen molar-refractivity contribution in [2.24, 2.45) is 0 Å². The maximum Gasteiger partial charge on any atom is 0.0579 e. The summed E-state index contributed by atoms with van der Waals surface area (Å²) in [6, 6.07) is 13.3. The molecule has 0 unspecified atom stereocenters. The summed E-state index contributed by atoms with van der Waals surface area (Å²) in [6.07, 6.45) is 6.19. The van der Waals surface area contributed by atoms with Crippen molar-refractivity contribution in [2.45, 2.75) is 45.6 Å². The summed E-state index contributed by atoms with van der Waals surface area (Å²) in [7, 11) is 0. The van der Waals surface area contributed by atoms with Crippen LogP contribution in [0, 0.1) is 0 Å². The molecule has 1 aliphatic heterocycles. The molecule has 2 heterocycles. The zero-order valence-corrected chi connectivity index (χ0v) is 12.4. The van der Waals surface area contributed by atoms with Crippen LogP contribution in [0.15, 0.2) is 36.4 Å². The minimum Gasteiger partial charge on any atom is -0.365 e. The lowest BCUT2D eigenvalue weighted by Gasteiger charge is -2.30. The molecule has 0 saturated heterocycles. The monoisotopic (exact) mass is 268 g/mol. The van der Waals surface area contributed by atoms with Gasteiger partial charge >= 0.3 is 0 Å². The Labute approximate surface area is 121 Å². The quantitative estimate of drug-likeness (QED) is 0.856. The Morgan fingerprint density at radius 2 is 1.95 bits per heavy atom. The average Bonchev–Trinajstić information content (AvgIpc) is 2.93. The van der Waals surface area contributed by atoms with Gasteiger partial charge < -0.3 is 9.88 Å². The second-order valence-corrected chi connectivity index (χ2v) is 5.77. The molecule has 1 aliphatic rings. The molecule has 20 heavy (non-hydrogen) atoms. The molecule has 2 aromatic rings. The molecule has 0 bridgehead atoms. The van der Waals surface area contributed by atoms with Gasteiger partial charge in [0.25, 0.3) is 0 Å². The van der Waals surface area contributed by atoms with Crippen molar-refractivity contribution in [3.63, 3.8) is 0 Å². The van der Waals surface area contributed by atoms with Crippen LogP contribution in [0.4, 0.5) is 5.69 Å². The summed E-state index contributed by atoms with van der Waals surface area (Å²) < 4.78 is 0. The Morgan fingerprint density at radius 1 is 1.10 bits per heavy atom. The topological polar surface area (TPSA) is 19.0 Å². The third kappa shape index (κ3) is 2.90. The van der Waals surface area contributed by atoms with Crippen molar-refractivity contribution < 1.29 is 0 Å². The van der Waals surface area contributed by atoms with Crippen molar-refractivity contribution in [1.29, 1.82) is 0 Å². The van der Waals surface area contributed by atoms with Gasteiger partial charge in [-0.25, -0.2) is 0 Å². The molecule has 0 amide bonds. The molecule has 0 radical (unpaired) electrons. The summed E-state index contributed by atoms with van der Waals surface area (Å²) in [5.74, 6) is 0. The van der Waals surface area contributed by atoms with Gasteiger partial charge in [0, 0.05) is 23.6 Å². The number of aromatic amines is 1. The first-order valence-corrected chi connectivity index (χ1v) is 7.86. The van der Waals surface area contributed by atoms with E-state index in [1.54, 1.807) is 0 Å². The van der Waals surface area contributed by atoms with Gasteiger partial charge in [-0.1, -0.05) is 31.5 Å². The van der Waals surface area contributed by atoms with E-state index in [4.69, 9.17) is 0 Å². The molecule has 106 valence electrons. The number of H-pyrrole nitrogens is 1. The van der Waals surface area contributed by atoms with Gasteiger partial charge in [-0.2, -0.15) is 0 Å². The number of nitrogens with one attached hydrogen (secondary N) is 1. The fourth-order valence-electron chi connectivity index (χ4n) is 3.08. The minimum absolute atomic E-state index is 1.00. The van der Waals surface area contributed by atoms with E-state index in [0.717, 1.165) is 6.54 Å². The van der Waals surface area contributed by atoms with Gasteiger partial charge in [0.15, 0.2) is 0 Å². The molecule has 1 aromatic carbocycles. The number of unbranched alkanes of at least 4 members (excludes halogenated alkanes) is 1. The molecule has 0 aliphatic carbocycles. The van der Waals surface area contributed by atoms with Crippen molar-refractivity contribution in [2.75, 3.05) is 11.4 Å². The van der Waals surface area contributed by atoms with Crippen LogP contribution in [0.2, 0.25) is 0 Å². The molecular formula is C18H24N2. The lowest BCUT2D eigenvalue weighted by atomic mass is 10.0. The maximum absolute atomic E-state index is 3.58. The molecule has 1 aromatic heterocycles. The first kappa shape index (κ1) is 13.3. The van der Waals surface area contributed by atoms with Crippen LogP contribution in [-0.4, -0.2) is 11.5 Å². The highest BCUT2D eigenvalue weighted by Crippen LogP contribution is 2.27. The number of aryl methyl sites for hydroxylation is 2. The Kier molecular flexibility index (Phi) is 4.10. The summed E-state index contributed by atoms with van der Waals surface area (Å²) in [4.78, 5) is 6.09. The zero-order chi connectivity index (χ0) is 13.8. The number of anilines is 1. The summed E-state index contributed by atoms with van der Waals surface area (Å²) in [6.45, 7) is 4.41. The summed E-state index contributed by atoms with van der Waals surface area (Å²) in [5, 5.41) is 0. The standard InChI is InChI=1S/C18H24N2/c1-2-3-9-16-11-12-17(19-16)14-20-13-6-8-15-7-4-5-10-18(15)20/h4-5,7,10-12,19H,2-3,6,8-9,13-14H2,1H3. The summed E-state index contributed by atoms with van der Waals surface area (Å²) in [5.41, 5.74) is 5.64. The van der Waals surface area contributed by atoms with Gasteiger partial charge in [-0.05, 0) is 49.4 Å². The van der Waals surface area contributed by atoms with E-state index in [0.29, 0.717) is 0 Å². The number of benzene rings is 1. The molecule has 0 atom stereocenters. The Hall–Kier alpha value is -1.70. The number of nitrogens with zero attached hydrogens (tertiary/aromatic N) is 1. The first-order valence-electron chi connectivity index (χ1n) is 7.86. The van der Waals surface area contributed by atoms with Gasteiger partial charge in [0.05, 0.1) is 6.54 Å². The average molecular weight is 268 g/mol. The molecule has 3 rings (SSSR count). The molecule has 2 nitrogen and oxygen atoms in total. The second-order valence-electron chi connectivity index (χ2n) is 5.77. The van der Waals surface area contributed by atoms with E-state index in [-0.39, 0.29) is 0 Å². The zero-order valence-electron chi connectivity index (χ0n) is 12.4. The molecular weight excluding hydrogens is 244 g/mol. The second kappa shape index (κ2) is 6.17. The number of rotatable bonds is 5. The van der Waals surface area contributed by atoms with Gasteiger partial charge in [-0.3, -0.25) is 0 Å². The third-order valence-corrected chi connectivity index (χ3v) is 4.17. The predicted molar refractivity (Wildman–Crippen MR) is 85.2 cm³/mol. The SMILES string of the molecule is CCCCc1ccc(CN2CCCc3ccccc32)[nH]1. The first-order chi connectivity index (χ1) is 9.86. The predicted octanol–water partition coefficient (Wildman–Crippen LogP) is 4.31. The summed E-state index contributed by atoms with van der Waals surface area (Å²) >= 11 is 0. The van der Waals surface area contributed by atoms with E-state index in [2.05, 4.69) is 53.2 Å². The van der Waals surface area contributed by atoms with Crippen LogP contribution in [0.3, 0.4) is 0 Å². The van der Waals surface area contributed by atoms with Crippen LogP contribution in [0.1, 0.15) is 43.1 Å². The highest BCUT2D eigenvalue weighted by atomic mass is 15.1. The molecule has 0 spiro atoms. The molecule has 2 heteroatoms. The van der Waals surface area contributed by atoms with Crippen molar-refractivity contribution >= 4 is 5.69 Å². The van der Waals surface area contributed by atoms with Crippen LogP contribution < -0.4 is 4.90 Å². The van der Waals surface area contributed by atoms with Crippen molar-refractivity contribution in [3.8, 4) is 0 Å². The number of aromatic nitrogens is 1. The molecule has 0 fully saturated rings.